The first-order valence-corrected chi connectivity index (χ1v) is 37.5. The molecule has 17 unspecified atom stereocenters. The average molecular weight is 1360 g/mol. The van der Waals surface area contributed by atoms with E-state index in [-0.39, 0.29) is 18.9 Å². The van der Waals surface area contributed by atoms with E-state index in [4.69, 9.17) is 28.4 Å². The molecular formula is C77H133NO18. The first-order chi connectivity index (χ1) is 46.8. The molecule has 1 amide bonds. The zero-order chi connectivity index (χ0) is 69.6. The summed E-state index contributed by atoms with van der Waals surface area (Å²) in [7, 11) is 0. The molecule has 3 fully saturated rings. The van der Waals surface area contributed by atoms with Gasteiger partial charge in [0.25, 0.3) is 0 Å². The highest BCUT2D eigenvalue weighted by molar-refractivity contribution is 5.76. The summed E-state index contributed by atoms with van der Waals surface area (Å²) in [5, 5.41) is 120. The van der Waals surface area contributed by atoms with Crippen molar-refractivity contribution in [1.29, 1.82) is 0 Å². The standard InChI is InChI=1S/C77H133NO18/c1-3-5-7-9-11-13-15-17-19-20-21-22-23-24-25-26-27-28-29-30-31-32-33-34-35-36-37-38-39-40-41-43-45-47-49-51-53-55-65(83)78-60(61(82)54-52-50-48-46-44-42-18-16-14-12-10-8-6-4-2)59-91-75-71(89)68(86)73(63(57-80)93-75)96-77-72(90)69(87)74(64(58-81)94-77)95-76-70(88)67(85)66(84)62(56-79)92-76/h5,7,11,13,17,19,21-22,24-25,27-28,44,46,52,54,60-64,66-77,79-82,84-90H,3-4,6,8-10,12,14-16,18,20,23,26,29-43,45,47-51,53,55-59H2,1-2H3,(H,78,83)/b7-5-,13-11-,19-17-,22-21-,25-24-,28-27-,46-44+,54-52+. The fraction of sp³-hybridized carbons (Fsp3) is 0.779. The number of allylic oxidation sites excluding steroid dienone is 15. The van der Waals surface area contributed by atoms with Crippen molar-refractivity contribution in [3.05, 3.63) is 97.2 Å². The molecule has 0 radical (unpaired) electrons. The van der Waals surface area contributed by atoms with Gasteiger partial charge in [0.1, 0.15) is 73.2 Å². The average Bonchev–Trinajstić information content (AvgIpc) is 0.787. The van der Waals surface area contributed by atoms with Crippen LogP contribution in [-0.4, -0.2) is 193 Å². The van der Waals surface area contributed by atoms with Gasteiger partial charge in [-0.05, 0) is 83.5 Å². The second-order valence-corrected chi connectivity index (χ2v) is 26.4. The van der Waals surface area contributed by atoms with Gasteiger partial charge in [0, 0.05) is 6.42 Å². The molecule has 0 aliphatic carbocycles. The first-order valence-electron chi connectivity index (χ1n) is 37.5. The topological polar surface area (TPSA) is 307 Å². The van der Waals surface area contributed by atoms with Crippen molar-refractivity contribution in [2.24, 2.45) is 0 Å². The Labute approximate surface area is 577 Å². The minimum atomic E-state index is -1.98. The number of unbranched alkanes of at least 4 members (excludes halogenated alkanes) is 27. The minimum Gasteiger partial charge on any atom is -0.394 e. The van der Waals surface area contributed by atoms with Crippen molar-refractivity contribution in [2.45, 2.75) is 356 Å². The van der Waals surface area contributed by atoms with Crippen molar-refractivity contribution in [3.8, 4) is 0 Å². The van der Waals surface area contributed by atoms with Crippen LogP contribution in [0.2, 0.25) is 0 Å². The Morgan fingerprint density at radius 1 is 0.385 bits per heavy atom. The molecule has 3 saturated heterocycles. The molecule has 3 rings (SSSR count). The van der Waals surface area contributed by atoms with Crippen LogP contribution in [0.3, 0.4) is 0 Å². The highest BCUT2D eigenvalue weighted by atomic mass is 16.8. The first kappa shape index (κ1) is 86.9. The summed E-state index contributed by atoms with van der Waals surface area (Å²) in [6, 6.07) is -0.993. The molecule has 554 valence electrons. The number of hydrogen-bond donors (Lipinski definition) is 12. The summed E-state index contributed by atoms with van der Waals surface area (Å²) in [6.45, 7) is 1.59. The summed E-state index contributed by atoms with van der Waals surface area (Å²) in [5.74, 6) is -0.287. The number of hydrogen-bond acceptors (Lipinski definition) is 18. The fourth-order valence-electron chi connectivity index (χ4n) is 12.1. The van der Waals surface area contributed by atoms with Crippen molar-refractivity contribution in [1.82, 2.24) is 5.32 Å². The lowest BCUT2D eigenvalue weighted by atomic mass is 9.96. The fourth-order valence-corrected chi connectivity index (χ4v) is 12.1. The Morgan fingerprint density at radius 2 is 0.729 bits per heavy atom. The maximum Gasteiger partial charge on any atom is 0.220 e. The van der Waals surface area contributed by atoms with Gasteiger partial charge in [-0.3, -0.25) is 4.79 Å². The van der Waals surface area contributed by atoms with Gasteiger partial charge in [0.15, 0.2) is 18.9 Å². The number of nitrogens with one attached hydrogen (secondary N) is 1. The zero-order valence-electron chi connectivity index (χ0n) is 58.8. The molecule has 3 heterocycles. The van der Waals surface area contributed by atoms with Gasteiger partial charge in [0.2, 0.25) is 5.91 Å². The number of ether oxygens (including phenoxy) is 6. The summed E-state index contributed by atoms with van der Waals surface area (Å²) < 4.78 is 34.3. The number of aliphatic hydroxyl groups is 11. The second kappa shape index (κ2) is 57.3. The summed E-state index contributed by atoms with van der Waals surface area (Å²) in [5.41, 5.74) is 0. The Hall–Kier alpha value is -3.29. The molecule has 96 heavy (non-hydrogen) atoms. The van der Waals surface area contributed by atoms with E-state index in [0.29, 0.717) is 12.8 Å². The van der Waals surface area contributed by atoms with Crippen LogP contribution in [0.4, 0.5) is 0 Å². The summed E-state index contributed by atoms with van der Waals surface area (Å²) in [4.78, 5) is 13.4. The molecule has 0 saturated carbocycles. The van der Waals surface area contributed by atoms with Crippen LogP contribution < -0.4 is 5.32 Å². The molecule has 17 atom stereocenters. The molecule has 0 spiro atoms. The second-order valence-electron chi connectivity index (χ2n) is 26.4. The van der Waals surface area contributed by atoms with Crippen molar-refractivity contribution in [3.63, 3.8) is 0 Å². The van der Waals surface area contributed by atoms with Crippen molar-refractivity contribution < 1.29 is 89.4 Å². The molecule has 19 nitrogen and oxygen atoms in total. The van der Waals surface area contributed by atoms with Crippen molar-refractivity contribution >= 4 is 5.91 Å². The van der Waals surface area contributed by atoms with E-state index in [1.165, 1.54) is 141 Å². The number of amides is 1. The Balaban J connectivity index is 1.33. The zero-order valence-corrected chi connectivity index (χ0v) is 58.8. The third-order valence-electron chi connectivity index (χ3n) is 18.1. The van der Waals surface area contributed by atoms with Gasteiger partial charge in [0.05, 0.1) is 38.6 Å². The molecule has 0 aromatic heterocycles. The largest absolute Gasteiger partial charge is 0.394 e. The molecule has 12 N–H and O–H groups in total. The molecule has 0 aromatic carbocycles. The molecule has 19 heteroatoms. The lowest BCUT2D eigenvalue weighted by molar-refractivity contribution is -0.379. The van der Waals surface area contributed by atoms with Gasteiger partial charge in [-0.1, -0.05) is 259 Å². The number of carbonyl (C=O) groups excluding carboxylic acids is 1. The monoisotopic (exact) mass is 1360 g/mol. The van der Waals surface area contributed by atoms with Crippen LogP contribution in [0.15, 0.2) is 97.2 Å². The van der Waals surface area contributed by atoms with Crippen molar-refractivity contribution in [2.75, 3.05) is 26.4 Å². The maximum absolute atomic E-state index is 13.4. The van der Waals surface area contributed by atoms with Gasteiger partial charge in [-0.15, -0.1) is 0 Å². The summed E-state index contributed by atoms with van der Waals surface area (Å²) in [6.07, 6.45) is 49.8. The van der Waals surface area contributed by atoms with Crippen LogP contribution in [-0.2, 0) is 33.2 Å². The van der Waals surface area contributed by atoms with E-state index in [1.54, 1.807) is 6.08 Å². The predicted octanol–water partition coefficient (Wildman–Crippen LogP) is 11.2. The third-order valence-corrected chi connectivity index (χ3v) is 18.1. The number of aliphatic hydroxyl groups excluding tert-OH is 11. The Morgan fingerprint density at radius 3 is 1.17 bits per heavy atom. The number of carbonyl (C=O) groups is 1. The van der Waals surface area contributed by atoms with E-state index in [2.05, 4.69) is 104 Å². The molecular weight excluding hydrogens is 1230 g/mol. The van der Waals surface area contributed by atoms with E-state index in [9.17, 15) is 61.0 Å². The maximum atomic E-state index is 13.4. The van der Waals surface area contributed by atoms with Crippen LogP contribution in [0.5, 0.6) is 0 Å². The SMILES string of the molecule is CC/C=C\C/C=C\C/C=C\C/C=C\C/C=C\C/C=C\CCCCCCCCCCCCCCCCCCCCC(=O)NC(COC1OC(CO)C(OC2OC(CO)C(OC3OC(CO)C(O)C(O)C3O)C(O)C2O)C(O)C1O)C(O)/C=C/CC/C=C/CCCCCCCCCC. The molecule has 3 aliphatic rings. The van der Waals surface area contributed by atoms with Gasteiger partial charge < -0.3 is 89.9 Å². The number of rotatable bonds is 57. The normalized spacial score (nSPS) is 27.6. The summed E-state index contributed by atoms with van der Waals surface area (Å²) >= 11 is 0. The predicted molar refractivity (Wildman–Crippen MR) is 378 cm³/mol. The molecule has 0 aromatic rings. The van der Waals surface area contributed by atoms with E-state index in [1.807, 2.05) is 6.08 Å². The highest BCUT2D eigenvalue weighted by Gasteiger charge is 2.53. The van der Waals surface area contributed by atoms with Gasteiger partial charge >= 0.3 is 0 Å². The molecule has 3 aliphatic heterocycles. The van der Waals surface area contributed by atoms with Gasteiger partial charge in [-0.2, -0.15) is 0 Å². The van der Waals surface area contributed by atoms with E-state index >= 15 is 0 Å². The third kappa shape index (κ3) is 37.9. The lowest BCUT2D eigenvalue weighted by Crippen LogP contribution is -2.66. The van der Waals surface area contributed by atoms with Crippen LogP contribution in [0.1, 0.15) is 251 Å². The van der Waals surface area contributed by atoms with Gasteiger partial charge in [-0.25, -0.2) is 0 Å². The smallest absolute Gasteiger partial charge is 0.220 e. The van der Waals surface area contributed by atoms with E-state index < -0.39 is 124 Å². The van der Waals surface area contributed by atoms with Crippen LogP contribution in [0.25, 0.3) is 0 Å². The molecule has 0 bridgehead atoms. The highest BCUT2D eigenvalue weighted by Crippen LogP contribution is 2.33. The Bertz CT molecular complexity index is 2110. The van der Waals surface area contributed by atoms with E-state index in [0.717, 1.165) is 77.0 Å². The lowest BCUT2D eigenvalue weighted by Gasteiger charge is -2.48. The Kier molecular flexibility index (Phi) is 51.9. The van der Waals surface area contributed by atoms with Crippen LogP contribution >= 0.6 is 0 Å². The quantitative estimate of drug-likeness (QED) is 0.0199. The van der Waals surface area contributed by atoms with Crippen LogP contribution in [0, 0.1) is 0 Å². The minimum absolute atomic E-state index is 0.233.